The van der Waals surface area contributed by atoms with E-state index in [1.807, 2.05) is 12.1 Å². The average molecular weight is 193 g/mol. The summed E-state index contributed by atoms with van der Waals surface area (Å²) in [5.74, 6) is -0.0931. The van der Waals surface area contributed by atoms with Gasteiger partial charge in [-0.05, 0) is 32.4 Å². The highest BCUT2D eigenvalue weighted by atomic mass is 19.1. The molecule has 0 aromatic heterocycles. The van der Waals surface area contributed by atoms with Gasteiger partial charge in [-0.25, -0.2) is 4.39 Å². The predicted molar refractivity (Wildman–Crippen MR) is 55.6 cm³/mol. The van der Waals surface area contributed by atoms with Gasteiger partial charge in [-0.2, -0.15) is 0 Å². The Morgan fingerprint density at radius 2 is 2.07 bits per heavy atom. The van der Waals surface area contributed by atoms with E-state index in [4.69, 9.17) is 0 Å². The first-order chi connectivity index (χ1) is 6.72. The molecule has 1 nitrogen and oxygen atoms in total. The van der Waals surface area contributed by atoms with E-state index in [1.165, 1.54) is 18.9 Å². The molecule has 1 aliphatic heterocycles. The Morgan fingerprint density at radius 1 is 1.29 bits per heavy atom. The molecule has 1 unspecified atom stereocenters. The van der Waals surface area contributed by atoms with Gasteiger partial charge in [0.15, 0.2) is 0 Å². The van der Waals surface area contributed by atoms with Crippen molar-refractivity contribution >= 4 is 0 Å². The first kappa shape index (κ1) is 9.66. The molecule has 14 heavy (non-hydrogen) atoms. The second-order valence-electron chi connectivity index (χ2n) is 4.20. The molecule has 1 fully saturated rings. The lowest BCUT2D eigenvalue weighted by molar-refractivity contribution is 0.275. The van der Waals surface area contributed by atoms with Crippen molar-refractivity contribution in [3.63, 3.8) is 0 Å². The van der Waals surface area contributed by atoms with Crippen molar-refractivity contribution in [1.29, 1.82) is 0 Å². The maximum Gasteiger partial charge on any atom is 0.128 e. The van der Waals surface area contributed by atoms with E-state index in [1.54, 1.807) is 6.07 Å². The van der Waals surface area contributed by atoms with E-state index in [0.29, 0.717) is 0 Å². The van der Waals surface area contributed by atoms with Gasteiger partial charge in [0.2, 0.25) is 0 Å². The number of hydrogen-bond acceptors (Lipinski definition) is 1. The minimum atomic E-state index is -0.163. The number of nitrogens with one attached hydrogen (secondary N) is 1. The topological polar surface area (TPSA) is 12.0 Å². The molecule has 1 aromatic carbocycles. The fourth-order valence-electron chi connectivity index (χ4n) is 2.19. The molecule has 1 atom stereocenters. The number of halogens is 1. The van der Waals surface area contributed by atoms with E-state index >= 15 is 0 Å². The molecule has 0 amide bonds. The molecule has 1 aromatic rings. The highest BCUT2D eigenvalue weighted by Crippen LogP contribution is 2.31. The van der Waals surface area contributed by atoms with Crippen LogP contribution in [0.2, 0.25) is 0 Å². The Labute approximate surface area is 84.3 Å². The van der Waals surface area contributed by atoms with Crippen LogP contribution >= 0.6 is 0 Å². The zero-order chi connectivity index (χ0) is 10.0. The molecule has 0 spiro atoms. The standard InChI is InChI=1S/C12H16FN/c1-12(8-4-5-9-14-12)10-6-2-3-7-11(10)13/h2-3,6-7,14H,4-5,8-9H2,1H3. The van der Waals surface area contributed by atoms with E-state index < -0.39 is 0 Å². The van der Waals surface area contributed by atoms with Gasteiger partial charge in [0, 0.05) is 11.1 Å². The van der Waals surface area contributed by atoms with Crippen molar-refractivity contribution < 1.29 is 4.39 Å². The normalized spacial score (nSPS) is 27.6. The molecule has 1 heterocycles. The molecular weight excluding hydrogens is 177 g/mol. The third kappa shape index (κ3) is 1.67. The summed E-state index contributed by atoms with van der Waals surface area (Å²) in [6.07, 6.45) is 3.40. The summed E-state index contributed by atoms with van der Waals surface area (Å²) >= 11 is 0. The van der Waals surface area contributed by atoms with Crippen LogP contribution in [0.4, 0.5) is 4.39 Å². The second-order valence-corrected chi connectivity index (χ2v) is 4.20. The van der Waals surface area contributed by atoms with Crippen LogP contribution in [0.25, 0.3) is 0 Å². The van der Waals surface area contributed by atoms with E-state index in [9.17, 15) is 4.39 Å². The number of rotatable bonds is 1. The number of benzene rings is 1. The van der Waals surface area contributed by atoms with E-state index in [-0.39, 0.29) is 11.4 Å². The average Bonchev–Trinajstić information content (AvgIpc) is 2.19. The van der Waals surface area contributed by atoms with Crippen LogP contribution in [0.3, 0.4) is 0 Å². The zero-order valence-corrected chi connectivity index (χ0v) is 8.52. The molecule has 0 saturated carbocycles. The highest BCUT2D eigenvalue weighted by molar-refractivity contribution is 5.25. The van der Waals surface area contributed by atoms with Crippen LogP contribution in [-0.4, -0.2) is 6.54 Å². The summed E-state index contributed by atoms with van der Waals surface area (Å²) in [5, 5.41) is 3.41. The fourth-order valence-corrected chi connectivity index (χ4v) is 2.19. The van der Waals surface area contributed by atoms with Crippen molar-refractivity contribution in [2.45, 2.75) is 31.7 Å². The first-order valence-corrected chi connectivity index (χ1v) is 5.22. The molecule has 1 aliphatic rings. The zero-order valence-electron chi connectivity index (χ0n) is 8.52. The summed E-state index contributed by atoms with van der Waals surface area (Å²) in [5.41, 5.74) is 0.642. The van der Waals surface area contributed by atoms with Gasteiger partial charge in [0.1, 0.15) is 5.82 Å². The predicted octanol–water partition coefficient (Wildman–Crippen LogP) is 2.81. The molecule has 0 bridgehead atoms. The Morgan fingerprint density at radius 3 is 2.71 bits per heavy atom. The first-order valence-electron chi connectivity index (χ1n) is 5.22. The Hall–Kier alpha value is -0.890. The smallest absolute Gasteiger partial charge is 0.128 e. The van der Waals surface area contributed by atoms with Crippen LogP contribution in [0.1, 0.15) is 31.7 Å². The lowest BCUT2D eigenvalue weighted by atomic mass is 9.84. The van der Waals surface area contributed by atoms with Crippen LogP contribution < -0.4 is 5.32 Å². The molecular formula is C12H16FN. The summed E-state index contributed by atoms with van der Waals surface area (Å²) in [6.45, 7) is 3.08. The summed E-state index contributed by atoms with van der Waals surface area (Å²) in [4.78, 5) is 0. The number of hydrogen-bond donors (Lipinski definition) is 1. The quantitative estimate of drug-likeness (QED) is 0.723. The second kappa shape index (κ2) is 3.70. The molecule has 1 saturated heterocycles. The Kier molecular flexibility index (Phi) is 2.55. The van der Waals surface area contributed by atoms with Gasteiger partial charge in [0.25, 0.3) is 0 Å². The molecule has 2 rings (SSSR count). The Balaban J connectivity index is 2.32. The van der Waals surface area contributed by atoms with Crippen molar-refractivity contribution in [2.75, 3.05) is 6.54 Å². The van der Waals surface area contributed by atoms with Gasteiger partial charge in [-0.3, -0.25) is 0 Å². The van der Waals surface area contributed by atoms with Crippen LogP contribution in [-0.2, 0) is 5.54 Å². The van der Waals surface area contributed by atoms with Gasteiger partial charge in [-0.1, -0.05) is 24.6 Å². The lowest BCUT2D eigenvalue weighted by Crippen LogP contribution is -2.43. The van der Waals surface area contributed by atoms with Crippen molar-refractivity contribution in [3.05, 3.63) is 35.6 Å². The monoisotopic (exact) mass is 193 g/mol. The minimum Gasteiger partial charge on any atom is -0.308 e. The Bertz CT molecular complexity index is 316. The summed E-state index contributed by atoms with van der Waals surface area (Å²) < 4.78 is 13.6. The van der Waals surface area contributed by atoms with Crippen molar-refractivity contribution in [3.8, 4) is 0 Å². The molecule has 1 N–H and O–H groups in total. The summed E-state index contributed by atoms with van der Waals surface area (Å²) in [6, 6.07) is 7.06. The van der Waals surface area contributed by atoms with Gasteiger partial charge in [-0.15, -0.1) is 0 Å². The maximum absolute atomic E-state index is 13.6. The largest absolute Gasteiger partial charge is 0.308 e. The van der Waals surface area contributed by atoms with Gasteiger partial charge in [0.05, 0.1) is 0 Å². The van der Waals surface area contributed by atoms with Crippen molar-refractivity contribution in [1.82, 2.24) is 5.32 Å². The number of piperidine rings is 1. The van der Waals surface area contributed by atoms with Crippen molar-refractivity contribution in [2.24, 2.45) is 0 Å². The fraction of sp³-hybridized carbons (Fsp3) is 0.500. The minimum absolute atomic E-state index is 0.0931. The SMILES string of the molecule is CC1(c2ccccc2F)CCCCN1. The summed E-state index contributed by atoms with van der Waals surface area (Å²) in [7, 11) is 0. The molecule has 76 valence electrons. The van der Waals surface area contributed by atoms with Gasteiger partial charge < -0.3 is 5.32 Å². The molecule has 0 radical (unpaired) electrons. The third-order valence-electron chi connectivity index (χ3n) is 3.09. The third-order valence-corrected chi connectivity index (χ3v) is 3.09. The molecule has 2 heteroatoms. The lowest BCUT2D eigenvalue weighted by Gasteiger charge is -2.35. The maximum atomic E-state index is 13.6. The van der Waals surface area contributed by atoms with Crippen LogP contribution in [0.15, 0.2) is 24.3 Å². The highest BCUT2D eigenvalue weighted by Gasteiger charge is 2.30. The van der Waals surface area contributed by atoms with E-state index in [0.717, 1.165) is 18.5 Å². The molecule has 0 aliphatic carbocycles. The van der Waals surface area contributed by atoms with Gasteiger partial charge >= 0.3 is 0 Å². The van der Waals surface area contributed by atoms with Crippen LogP contribution in [0.5, 0.6) is 0 Å². The van der Waals surface area contributed by atoms with Crippen LogP contribution in [0, 0.1) is 5.82 Å². The van der Waals surface area contributed by atoms with E-state index in [2.05, 4.69) is 12.2 Å².